The second kappa shape index (κ2) is 12.5. The van der Waals surface area contributed by atoms with Crippen molar-refractivity contribution in [1.82, 2.24) is 10.6 Å². The molecule has 0 spiro atoms. The Labute approximate surface area is 163 Å². The molecule has 0 aliphatic carbocycles. The lowest BCUT2D eigenvalue weighted by molar-refractivity contribution is 0.0268. The van der Waals surface area contributed by atoms with Crippen LogP contribution >= 0.6 is 24.0 Å². The van der Waals surface area contributed by atoms with Crippen LogP contribution < -0.4 is 10.6 Å². The van der Waals surface area contributed by atoms with Gasteiger partial charge in [-0.25, -0.2) is 4.99 Å². The summed E-state index contributed by atoms with van der Waals surface area (Å²) in [6.07, 6.45) is 0. The fraction of sp³-hybridized carbons (Fsp3) is 0.611. The van der Waals surface area contributed by atoms with Crippen LogP contribution in [0.2, 0.25) is 0 Å². The van der Waals surface area contributed by atoms with Gasteiger partial charge in [0.1, 0.15) is 0 Å². The molecule has 2 N–H and O–H groups in total. The lowest BCUT2D eigenvalue weighted by atomic mass is 10.1. The Bertz CT molecular complexity index is 493. The zero-order valence-electron chi connectivity index (χ0n) is 15.5. The Morgan fingerprint density at radius 3 is 2.38 bits per heavy atom. The Kier molecular flexibility index (Phi) is 12.0. The van der Waals surface area contributed by atoms with Gasteiger partial charge < -0.3 is 20.1 Å². The van der Waals surface area contributed by atoms with E-state index in [-0.39, 0.29) is 29.6 Å². The normalized spacial score (nSPS) is 11.8. The molecule has 0 saturated carbocycles. The van der Waals surface area contributed by atoms with Gasteiger partial charge in [-0.2, -0.15) is 0 Å². The van der Waals surface area contributed by atoms with Crippen molar-refractivity contribution in [3.8, 4) is 0 Å². The maximum absolute atomic E-state index is 5.53. The molecular formula is C18H32IN3O2. The third kappa shape index (κ3) is 8.84. The van der Waals surface area contributed by atoms with Crippen molar-refractivity contribution < 1.29 is 9.47 Å². The Morgan fingerprint density at radius 2 is 1.79 bits per heavy atom. The summed E-state index contributed by atoms with van der Waals surface area (Å²) in [5, 5.41) is 6.59. The number of guanidine groups is 1. The maximum Gasteiger partial charge on any atom is 0.191 e. The molecule has 1 aromatic rings. The minimum atomic E-state index is -0.233. The molecule has 0 radical (unpaired) electrons. The van der Waals surface area contributed by atoms with E-state index in [1.165, 1.54) is 11.1 Å². The quantitative estimate of drug-likeness (QED) is 0.345. The van der Waals surface area contributed by atoms with Crippen LogP contribution in [-0.2, 0) is 22.6 Å². The van der Waals surface area contributed by atoms with E-state index >= 15 is 0 Å². The molecule has 138 valence electrons. The van der Waals surface area contributed by atoms with Crippen LogP contribution in [0.3, 0.4) is 0 Å². The highest BCUT2D eigenvalue weighted by Gasteiger charge is 2.16. The van der Waals surface area contributed by atoms with Crippen molar-refractivity contribution in [3.05, 3.63) is 35.4 Å². The molecule has 0 amide bonds. The third-order valence-electron chi connectivity index (χ3n) is 3.57. The number of benzene rings is 1. The van der Waals surface area contributed by atoms with Gasteiger partial charge in [0, 0.05) is 26.8 Å². The summed E-state index contributed by atoms with van der Waals surface area (Å²) in [4.78, 5) is 4.67. The van der Waals surface area contributed by atoms with Crippen molar-refractivity contribution in [2.45, 2.75) is 46.4 Å². The van der Waals surface area contributed by atoms with E-state index in [4.69, 9.17) is 9.47 Å². The molecule has 1 rings (SSSR count). The lowest BCUT2D eigenvalue weighted by Crippen LogP contribution is -2.45. The zero-order chi connectivity index (χ0) is 17.1. The van der Waals surface area contributed by atoms with E-state index < -0.39 is 0 Å². The summed E-state index contributed by atoms with van der Waals surface area (Å²) in [5.74, 6) is 0.795. The smallest absolute Gasteiger partial charge is 0.191 e. The molecule has 24 heavy (non-hydrogen) atoms. The summed E-state index contributed by atoms with van der Waals surface area (Å²) >= 11 is 0. The van der Waals surface area contributed by atoms with E-state index in [0.717, 1.165) is 12.5 Å². The molecule has 0 atom stereocenters. The predicted octanol–water partition coefficient (Wildman–Crippen LogP) is 3.32. The molecule has 0 heterocycles. The fourth-order valence-electron chi connectivity index (χ4n) is 1.94. The first-order valence-electron chi connectivity index (χ1n) is 8.24. The lowest BCUT2D eigenvalue weighted by Gasteiger charge is -2.24. The van der Waals surface area contributed by atoms with E-state index in [9.17, 15) is 0 Å². The molecule has 0 fully saturated rings. The van der Waals surface area contributed by atoms with Gasteiger partial charge in [0.25, 0.3) is 0 Å². The monoisotopic (exact) mass is 449 g/mol. The van der Waals surface area contributed by atoms with Gasteiger partial charge in [-0.1, -0.05) is 24.3 Å². The minimum absolute atomic E-state index is 0. The first-order valence-corrected chi connectivity index (χ1v) is 8.24. The van der Waals surface area contributed by atoms with Crippen LogP contribution in [-0.4, -0.2) is 38.4 Å². The van der Waals surface area contributed by atoms with Gasteiger partial charge >= 0.3 is 0 Å². The highest BCUT2D eigenvalue weighted by Crippen LogP contribution is 2.11. The fourth-order valence-corrected chi connectivity index (χ4v) is 1.94. The average Bonchev–Trinajstić information content (AvgIpc) is 2.56. The zero-order valence-corrected chi connectivity index (χ0v) is 17.8. The van der Waals surface area contributed by atoms with Crippen molar-refractivity contribution in [1.29, 1.82) is 0 Å². The first kappa shape index (κ1) is 23.1. The number of hydrogen-bond acceptors (Lipinski definition) is 3. The summed E-state index contributed by atoms with van der Waals surface area (Å²) in [6.45, 7) is 11.6. The number of nitrogens with zero attached hydrogens (tertiary/aromatic N) is 1. The maximum atomic E-state index is 5.53. The molecule has 0 aromatic heterocycles. The second-order valence-corrected chi connectivity index (χ2v) is 5.92. The van der Waals surface area contributed by atoms with Gasteiger partial charge in [-0.05, 0) is 38.8 Å². The third-order valence-corrected chi connectivity index (χ3v) is 3.57. The largest absolute Gasteiger partial charge is 0.377 e. The first-order chi connectivity index (χ1) is 11.0. The van der Waals surface area contributed by atoms with Crippen LogP contribution in [0.15, 0.2) is 29.3 Å². The van der Waals surface area contributed by atoms with Crippen molar-refractivity contribution in [3.63, 3.8) is 0 Å². The second-order valence-electron chi connectivity index (χ2n) is 5.92. The van der Waals surface area contributed by atoms with E-state index in [2.05, 4.69) is 34.7 Å². The number of aliphatic imine (C=N–C) groups is 1. The van der Waals surface area contributed by atoms with E-state index in [0.29, 0.717) is 26.3 Å². The van der Waals surface area contributed by atoms with Gasteiger partial charge in [0.05, 0.1) is 18.8 Å². The molecule has 0 unspecified atom stereocenters. The van der Waals surface area contributed by atoms with Crippen LogP contribution in [0.25, 0.3) is 0 Å². The van der Waals surface area contributed by atoms with Crippen LogP contribution in [0.4, 0.5) is 0 Å². The van der Waals surface area contributed by atoms with Crippen molar-refractivity contribution in [2.24, 2.45) is 4.99 Å². The minimum Gasteiger partial charge on any atom is -0.377 e. The number of methoxy groups -OCH3 is 1. The molecule has 5 nitrogen and oxygen atoms in total. The van der Waals surface area contributed by atoms with Crippen LogP contribution in [0.1, 0.15) is 38.8 Å². The Balaban J connectivity index is 0.00000529. The topological polar surface area (TPSA) is 54.9 Å². The Morgan fingerprint density at radius 1 is 1.12 bits per heavy atom. The standard InChI is InChI=1S/C18H31N3O2.HI/c1-6-19-17(21-14-18(3,4)22-5)20-12-15-10-8-9-11-16(15)13-23-7-2;/h8-11H,6-7,12-14H2,1-5H3,(H2,19,20,21);1H. The van der Waals surface area contributed by atoms with Crippen LogP contribution in [0, 0.1) is 0 Å². The molecular weight excluding hydrogens is 417 g/mol. The molecule has 1 aromatic carbocycles. The summed E-state index contributed by atoms with van der Waals surface area (Å²) in [7, 11) is 1.72. The molecule has 6 heteroatoms. The van der Waals surface area contributed by atoms with Crippen LogP contribution in [0.5, 0.6) is 0 Å². The highest BCUT2D eigenvalue weighted by molar-refractivity contribution is 14.0. The SMILES string of the molecule is CCNC(=NCc1ccccc1COCC)NCC(C)(C)OC.I. The van der Waals surface area contributed by atoms with Crippen molar-refractivity contribution >= 4 is 29.9 Å². The van der Waals surface area contributed by atoms with E-state index in [1.54, 1.807) is 7.11 Å². The number of ether oxygens (including phenoxy) is 2. The molecule has 0 aliphatic heterocycles. The van der Waals surface area contributed by atoms with Gasteiger partial charge in [-0.15, -0.1) is 24.0 Å². The van der Waals surface area contributed by atoms with Gasteiger partial charge in [0.15, 0.2) is 5.96 Å². The van der Waals surface area contributed by atoms with Gasteiger partial charge in [0.2, 0.25) is 0 Å². The number of rotatable bonds is 9. The number of hydrogen-bond donors (Lipinski definition) is 2. The summed E-state index contributed by atoms with van der Waals surface area (Å²) in [6, 6.07) is 8.26. The number of nitrogens with one attached hydrogen (secondary N) is 2. The molecule has 0 bridgehead atoms. The molecule has 0 aliphatic rings. The van der Waals surface area contributed by atoms with E-state index in [1.807, 2.05) is 32.9 Å². The summed E-state index contributed by atoms with van der Waals surface area (Å²) < 4.78 is 11.0. The molecule has 0 saturated heterocycles. The highest BCUT2D eigenvalue weighted by atomic mass is 127. The summed E-state index contributed by atoms with van der Waals surface area (Å²) in [5.41, 5.74) is 2.14. The van der Waals surface area contributed by atoms with Crippen molar-refractivity contribution in [2.75, 3.05) is 26.8 Å². The number of halogens is 1. The Hall–Kier alpha value is -0.860. The average molecular weight is 449 g/mol. The van der Waals surface area contributed by atoms with Gasteiger partial charge in [-0.3, -0.25) is 0 Å². The predicted molar refractivity (Wildman–Crippen MR) is 111 cm³/mol.